The van der Waals surface area contributed by atoms with Crippen LogP contribution < -0.4 is 10.6 Å². The Morgan fingerprint density at radius 3 is 2.42 bits per heavy atom. The van der Waals surface area contributed by atoms with Crippen molar-refractivity contribution in [1.82, 2.24) is 10.2 Å². The number of imide groups is 1. The molecule has 0 aromatic heterocycles. The largest absolute Gasteiger partial charge is 0.325 e. The molecule has 0 unspecified atom stereocenters. The Bertz CT molecular complexity index is 714. The number of carbonyl (C=O) groups is 2. The van der Waals surface area contributed by atoms with E-state index in [0.717, 1.165) is 0 Å². The van der Waals surface area contributed by atoms with E-state index in [2.05, 4.69) is 42.7 Å². The Morgan fingerprint density at radius 2 is 1.75 bits per heavy atom. The maximum Gasteiger partial charge on any atom is 0.325 e. The molecule has 0 radical (unpaired) electrons. The van der Waals surface area contributed by atoms with Crippen LogP contribution in [0.5, 0.6) is 0 Å². The molecular weight excluding hydrogens is 302 g/mol. The molecule has 0 heterocycles. The van der Waals surface area contributed by atoms with Gasteiger partial charge in [-0.1, -0.05) is 42.0 Å². The molecule has 0 aliphatic heterocycles. The molecule has 2 aromatic carbocycles. The van der Waals surface area contributed by atoms with Gasteiger partial charge in [-0.2, -0.15) is 0 Å². The van der Waals surface area contributed by atoms with Gasteiger partial charge in [-0.3, -0.25) is 15.0 Å². The smallest absolute Gasteiger partial charge is 0.308 e. The summed E-state index contributed by atoms with van der Waals surface area (Å²) in [6, 6.07) is 14.7. The van der Waals surface area contributed by atoms with Gasteiger partial charge < -0.3 is 5.32 Å². The number of amides is 3. The molecule has 2 rings (SSSR count). The molecule has 3 amide bonds. The lowest BCUT2D eigenvalue weighted by Gasteiger charge is -2.17. The van der Waals surface area contributed by atoms with Gasteiger partial charge in [0.05, 0.1) is 6.54 Å². The predicted molar refractivity (Wildman–Crippen MR) is 95.9 cm³/mol. The summed E-state index contributed by atoms with van der Waals surface area (Å²) in [6.45, 7) is 4.91. The third kappa shape index (κ3) is 5.52. The molecule has 0 aliphatic carbocycles. The second-order valence-corrected chi connectivity index (χ2v) is 5.97. The molecule has 5 heteroatoms. The lowest BCUT2D eigenvalue weighted by Crippen LogP contribution is -2.40. The predicted octanol–water partition coefficient (Wildman–Crippen LogP) is 3.08. The van der Waals surface area contributed by atoms with E-state index in [-0.39, 0.29) is 12.5 Å². The lowest BCUT2D eigenvalue weighted by atomic mass is 10.1. The quantitative estimate of drug-likeness (QED) is 0.888. The lowest BCUT2D eigenvalue weighted by molar-refractivity contribution is -0.120. The van der Waals surface area contributed by atoms with Gasteiger partial charge in [0.1, 0.15) is 0 Å². The first-order valence-electron chi connectivity index (χ1n) is 7.84. The first kappa shape index (κ1) is 17.7. The Morgan fingerprint density at radius 1 is 1.04 bits per heavy atom. The van der Waals surface area contributed by atoms with Gasteiger partial charge in [0, 0.05) is 12.2 Å². The number of nitrogens with one attached hydrogen (secondary N) is 2. The topological polar surface area (TPSA) is 61.4 Å². The first-order valence-corrected chi connectivity index (χ1v) is 7.84. The van der Waals surface area contributed by atoms with Crippen LogP contribution in [-0.2, 0) is 11.3 Å². The van der Waals surface area contributed by atoms with Crippen LogP contribution in [-0.4, -0.2) is 30.4 Å². The van der Waals surface area contributed by atoms with Crippen molar-refractivity contribution in [3.05, 3.63) is 65.2 Å². The van der Waals surface area contributed by atoms with Crippen molar-refractivity contribution in [2.45, 2.75) is 20.4 Å². The van der Waals surface area contributed by atoms with Crippen LogP contribution in [0.3, 0.4) is 0 Å². The molecule has 0 spiro atoms. The van der Waals surface area contributed by atoms with Crippen molar-refractivity contribution in [2.24, 2.45) is 0 Å². The molecule has 0 saturated heterocycles. The molecule has 0 bridgehead atoms. The summed E-state index contributed by atoms with van der Waals surface area (Å²) in [7, 11) is 1.86. The highest BCUT2D eigenvalue weighted by atomic mass is 16.2. The number of nitrogens with zero attached hydrogens (tertiary/aromatic N) is 1. The number of rotatable bonds is 5. The highest BCUT2D eigenvalue weighted by Gasteiger charge is 2.11. The maximum absolute atomic E-state index is 12.0. The number of likely N-dealkylation sites (N-methyl/N-ethyl adjacent to an activating group) is 1. The number of urea groups is 1. The van der Waals surface area contributed by atoms with Crippen LogP contribution in [0.15, 0.2) is 48.5 Å². The summed E-state index contributed by atoms with van der Waals surface area (Å²) in [5.74, 6) is -0.337. The highest BCUT2D eigenvalue weighted by molar-refractivity contribution is 6.01. The van der Waals surface area contributed by atoms with Gasteiger partial charge in [0.2, 0.25) is 5.91 Å². The molecule has 2 aromatic rings. The minimum atomic E-state index is -0.522. The average molecular weight is 325 g/mol. The van der Waals surface area contributed by atoms with Crippen LogP contribution in [0, 0.1) is 13.8 Å². The van der Waals surface area contributed by atoms with E-state index >= 15 is 0 Å². The number of benzene rings is 2. The highest BCUT2D eigenvalue weighted by Crippen LogP contribution is 2.12. The fourth-order valence-corrected chi connectivity index (χ4v) is 2.47. The van der Waals surface area contributed by atoms with E-state index in [1.54, 1.807) is 12.1 Å². The van der Waals surface area contributed by atoms with E-state index in [9.17, 15) is 9.59 Å². The Balaban J connectivity index is 1.82. The summed E-state index contributed by atoms with van der Waals surface area (Å²) in [4.78, 5) is 25.6. The zero-order chi connectivity index (χ0) is 17.5. The molecule has 24 heavy (non-hydrogen) atoms. The molecular formula is C19H23N3O2. The van der Waals surface area contributed by atoms with Crippen molar-refractivity contribution >= 4 is 17.6 Å². The molecule has 0 aliphatic rings. The van der Waals surface area contributed by atoms with Gasteiger partial charge >= 0.3 is 6.03 Å². The molecule has 0 saturated carbocycles. The third-order valence-electron chi connectivity index (χ3n) is 3.64. The third-order valence-corrected chi connectivity index (χ3v) is 3.64. The molecule has 0 fully saturated rings. The number of aryl methyl sites for hydroxylation is 2. The number of hydrogen-bond acceptors (Lipinski definition) is 3. The van der Waals surface area contributed by atoms with E-state index in [0.29, 0.717) is 12.2 Å². The van der Waals surface area contributed by atoms with Gasteiger partial charge in [-0.15, -0.1) is 0 Å². The van der Waals surface area contributed by atoms with Crippen molar-refractivity contribution in [3.63, 3.8) is 0 Å². The second-order valence-electron chi connectivity index (χ2n) is 5.97. The van der Waals surface area contributed by atoms with E-state index < -0.39 is 6.03 Å². The summed E-state index contributed by atoms with van der Waals surface area (Å²) in [5, 5.41) is 4.96. The van der Waals surface area contributed by atoms with Crippen molar-refractivity contribution in [2.75, 3.05) is 18.9 Å². The van der Waals surface area contributed by atoms with Crippen LogP contribution in [0.4, 0.5) is 10.5 Å². The number of carbonyl (C=O) groups excluding carboxylic acids is 2. The van der Waals surface area contributed by atoms with E-state index in [1.807, 2.05) is 30.1 Å². The van der Waals surface area contributed by atoms with Gasteiger partial charge in [-0.25, -0.2) is 4.79 Å². The van der Waals surface area contributed by atoms with Crippen molar-refractivity contribution in [1.29, 1.82) is 0 Å². The van der Waals surface area contributed by atoms with E-state index in [1.165, 1.54) is 16.7 Å². The number of hydrogen-bond donors (Lipinski definition) is 2. The molecule has 126 valence electrons. The monoisotopic (exact) mass is 325 g/mol. The molecule has 5 nitrogen and oxygen atoms in total. The van der Waals surface area contributed by atoms with Gasteiger partial charge in [-0.05, 0) is 44.2 Å². The van der Waals surface area contributed by atoms with Crippen LogP contribution in [0.2, 0.25) is 0 Å². The Kier molecular flexibility index (Phi) is 6.09. The maximum atomic E-state index is 12.0. The van der Waals surface area contributed by atoms with Gasteiger partial charge in [0.25, 0.3) is 0 Å². The molecule has 2 N–H and O–H groups in total. The normalized spacial score (nSPS) is 10.5. The zero-order valence-electron chi connectivity index (χ0n) is 14.3. The van der Waals surface area contributed by atoms with Crippen LogP contribution >= 0.6 is 0 Å². The van der Waals surface area contributed by atoms with Crippen molar-refractivity contribution in [3.8, 4) is 0 Å². The summed E-state index contributed by atoms with van der Waals surface area (Å²) in [5.41, 5.74) is 4.23. The SMILES string of the molecule is Cc1ccc(CN(C)CC(=O)NC(=O)Nc2ccccc2)c(C)c1. The minimum absolute atomic E-state index is 0.148. The summed E-state index contributed by atoms with van der Waals surface area (Å²) >= 11 is 0. The number of anilines is 1. The van der Waals surface area contributed by atoms with Crippen molar-refractivity contribution < 1.29 is 9.59 Å². The second kappa shape index (κ2) is 8.26. The van der Waals surface area contributed by atoms with Gasteiger partial charge in [0.15, 0.2) is 0 Å². The zero-order valence-corrected chi connectivity index (χ0v) is 14.3. The summed E-state index contributed by atoms with van der Waals surface area (Å²) < 4.78 is 0. The Labute approximate surface area is 142 Å². The Hall–Kier alpha value is -2.66. The fraction of sp³-hybridized carbons (Fsp3) is 0.263. The average Bonchev–Trinajstić information content (AvgIpc) is 2.50. The minimum Gasteiger partial charge on any atom is -0.308 e. The first-order chi connectivity index (χ1) is 11.4. The summed E-state index contributed by atoms with van der Waals surface area (Å²) in [6.07, 6.45) is 0. The van der Waals surface area contributed by atoms with Crippen LogP contribution in [0.1, 0.15) is 16.7 Å². The van der Waals surface area contributed by atoms with Crippen LogP contribution in [0.25, 0.3) is 0 Å². The number of para-hydroxylation sites is 1. The standard InChI is InChI=1S/C19H23N3O2/c1-14-9-10-16(15(2)11-14)12-22(3)13-18(23)21-19(24)20-17-7-5-4-6-8-17/h4-11H,12-13H2,1-3H3,(H2,20,21,23,24). The fourth-order valence-electron chi connectivity index (χ4n) is 2.47. The van der Waals surface area contributed by atoms with E-state index in [4.69, 9.17) is 0 Å². The molecule has 0 atom stereocenters.